The minimum Gasteiger partial charge on any atom is -0.444 e. The fourth-order valence-electron chi connectivity index (χ4n) is 4.77. The van der Waals surface area contributed by atoms with Crippen LogP contribution in [0.25, 0.3) is 0 Å². The van der Waals surface area contributed by atoms with Crippen molar-refractivity contribution >= 4 is 17.9 Å². The minimum absolute atomic E-state index is 0.0226. The Morgan fingerprint density at radius 3 is 2.61 bits per heavy atom. The Balaban J connectivity index is 1.44. The molecule has 1 aliphatic carbocycles. The molecule has 1 saturated carbocycles. The van der Waals surface area contributed by atoms with E-state index in [0.29, 0.717) is 5.82 Å². The van der Waals surface area contributed by atoms with Crippen LogP contribution in [0.5, 0.6) is 0 Å². The first-order valence-electron chi connectivity index (χ1n) is 11.7. The molecule has 178 valence electrons. The van der Waals surface area contributed by atoms with Gasteiger partial charge in [0.05, 0.1) is 16.8 Å². The van der Waals surface area contributed by atoms with E-state index in [-0.39, 0.29) is 35.7 Å². The molecular formula is C25H35N5O3. The van der Waals surface area contributed by atoms with Gasteiger partial charge in [0.1, 0.15) is 12.4 Å². The molecule has 2 atom stereocenters. The first-order valence-corrected chi connectivity index (χ1v) is 11.7. The molecule has 1 aromatic heterocycles. The van der Waals surface area contributed by atoms with Crippen LogP contribution in [0.2, 0.25) is 0 Å². The van der Waals surface area contributed by atoms with Crippen LogP contribution < -0.4 is 10.6 Å². The Kier molecular flexibility index (Phi) is 6.12. The number of aromatic nitrogens is 2. The third-order valence-corrected chi connectivity index (χ3v) is 6.34. The van der Waals surface area contributed by atoms with Crippen LogP contribution in [0.4, 0.5) is 15.4 Å². The lowest BCUT2D eigenvalue weighted by atomic mass is 10.0. The highest BCUT2D eigenvalue weighted by Gasteiger charge is 2.42. The first kappa shape index (κ1) is 23.1. The molecular weight excluding hydrogens is 418 g/mol. The van der Waals surface area contributed by atoms with Crippen molar-refractivity contribution in [3.05, 3.63) is 47.7 Å². The van der Waals surface area contributed by atoms with Gasteiger partial charge >= 0.3 is 12.1 Å². The summed E-state index contributed by atoms with van der Waals surface area (Å²) in [6.07, 6.45) is 2.30. The highest BCUT2D eigenvalue weighted by molar-refractivity contribution is 5.83. The van der Waals surface area contributed by atoms with E-state index in [2.05, 4.69) is 45.3 Å². The molecule has 8 nitrogen and oxygen atoms in total. The number of carbonyl (C=O) groups excluding carboxylic acids is 2. The summed E-state index contributed by atoms with van der Waals surface area (Å²) < 4.78 is 7.26. The van der Waals surface area contributed by atoms with Crippen molar-refractivity contribution in [1.29, 1.82) is 0 Å². The largest absolute Gasteiger partial charge is 0.444 e. The van der Waals surface area contributed by atoms with E-state index in [1.165, 1.54) is 0 Å². The predicted molar refractivity (Wildman–Crippen MR) is 127 cm³/mol. The molecule has 2 heterocycles. The number of hydrogen-bond donors (Lipinski definition) is 2. The maximum absolute atomic E-state index is 12.5. The molecule has 2 aliphatic rings. The lowest BCUT2D eigenvalue weighted by Crippen LogP contribution is -2.36. The van der Waals surface area contributed by atoms with Gasteiger partial charge in [-0.25, -0.2) is 14.3 Å². The molecule has 2 N–H and O–H groups in total. The van der Waals surface area contributed by atoms with Crippen LogP contribution in [-0.2, 0) is 16.9 Å². The highest BCUT2D eigenvalue weighted by Crippen LogP contribution is 2.39. The molecule has 1 aliphatic heterocycles. The van der Waals surface area contributed by atoms with E-state index in [0.717, 1.165) is 37.1 Å². The van der Waals surface area contributed by atoms with E-state index in [4.69, 9.17) is 9.84 Å². The number of carbonyl (C=O) groups is 2. The number of hydrogen-bond acceptors (Lipinski definition) is 4. The van der Waals surface area contributed by atoms with Gasteiger partial charge in [0, 0.05) is 24.6 Å². The summed E-state index contributed by atoms with van der Waals surface area (Å²) in [5.41, 5.74) is 1.38. The molecule has 0 bridgehead atoms. The molecule has 8 heteroatoms. The number of anilines is 1. The number of nitrogens with one attached hydrogen (secondary N) is 2. The van der Waals surface area contributed by atoms with Gasteiger partial charge in [-0.05, 0) is 59.4 Å². The fraction of sp³-hybridized carbons (Fsp3) is 0.560. The van der Waals surface area contributed by atoms with E-state index < -0.39 is 6.09 Å². The zero-order valence-corrected chi connectivity index (χ0v) is 20.2. The molecule has 1 saturated heterocycles. The van der Waals surface area contributed by atoms with Gasteiger partial charge < -0.3 is 15.0 Å². The van der Waals surface area contributed by atoms with Crippen LogP contribution in [0.3, 0.4) is 0 Å². The van der Waals surface area contributed by atoms with Crippen molar-refractivity contribution < 1.29 is 14.3 Å². The Hall–Kier alpha value is -3.03. The topological polar surface area (TPSA) is 88.5 Å². The lowest BCUT2D eigenvalue weighted by Gasteiger charge is -2.24. The predicted octanol–water partition coefficient (Wildman–Crippen LogP) is 4.83. The summed E-state index contributed by atoms with van der Waals surface area (Å²) in [4.78, 5) is 26.9. The van der Waals surface area contributed by atoms with Crippen molar-refractivity contribution in [1.82, 2.24) is 20.0 Å². The maximum atomic E-state index is 12.5. The molecule has 4 rings (SSSR count). The maximum Gasteiger partial charge on any atom is 0.413 e. The van der Waals surface area contributed by atoms with Gasteiger partial charge in [0.2, 0.25) is 0 Å². The third-order valence-electron chi connectivity index (χ3n) is 6.34. The van der Waals surface area contributed by atoms with Crippen LogP contribution in [0.15, 0.2) is 36.4 Å². The van der Waals surface area contributed by atoms with E-state index in [1.807, 2.05) is 46.0 Å². The molecule has 0 radical (unpaired) electrons. The smallest absolute Gasteiger partial charge is 0.413 e. The molecule has 2 aromatic rings. The zero-order chi connectivity index (χ0) is 23.8. The van der Waals surface area contributed by atoms with E-state index in [9.17, 15) is 9.59 Å². The average molecular weight is 454 g/mol. The standard InChI is InChI=1S/C25H35N5O3/c1-24(2,3)30-21(26-23(32)33-15-17-9-7-6-8-10-17)14-20(28-30)18-11-12-19(13-18)29-16-25(4,5)27-22(29)31/h6-10,14,18-19H,11-13,15-16H2,1-5H3,(H,26,32)(H,27,31)/t18-,19+/m0/s1. The van der Waals surface area contributed by atoms with Crippen molar-refractivity contribution in [2.45, 2.75) is 83.5 Å². The van der Waals surface area contributed by atoms with Crippen LogP contribution in [0, 0.1) is 0 Å². The zero-order valence-electron chi connectivity index (χ0n) is 20.2. The van der Waals surface area contributed by atoms with Gasteiger partial charge in [0.25, 0.3) is 0 Å². The fourth-order valence-corrected chi connectivity index (χ4v) is 4.77. The average Bonchev–Trinajstić information content (AvgIpc) is 3.43. The lowest BCUT2D eigenvalue weighted by molar-refractivity contribution is 0.154. The molecule has 0 unspecified atom stereocenters. The number of amides is 3. The second kappa shape index (κ2) is 8.72. The SMILES string of the molecule is CC1(C)CN([C@@H]2CC[C@H](c3cc(NC(=O)OCc4ccccc4)n(C(C)(C)C)n3)C2)C(=O)N1. The molecule has 33 heavy (non-hydrogen) atoms. The number of urea groups is 1. The normalized spacial score (nSPS) is 22.3. The van der Waals surface area contributed by atoms with E-state index in [1.54, 1.807) is 0 Å². The van der Waals surface area contributed by atoms with Crippen LogP contribution in [0.1, 0.15) is 71.1 Å². The Labute approximate surface area is 195 Å². The molecule has 1 aromatic carbocycles. The Morgan fingerprint density at radius 1 is 1.24 bits per heavy atom. The Morgan fingerprint density at radius 2 is 1.97 bits per heavy atom. The number of ether oxygens (including phenoxy) is 1. The van der Waals surface area contributed by atoms with Crippen molar-refractivity contribution in [3.63, 3.8) is 0 Å². The quantitative estimate of drug-likeness (QED) is 0.679. The number of rotatable bonds is 5. The number of benzene rings is 1. The van der Waals surface area contributed by atoms with Crippen LogP contribution in [-0.4, -0.2) is 44.9 Å². The summed E-state index contributed by atoms with van der Waals surface area (Å²) in [6, 6.07) is 11.8. The van der Waals surface area contributed by atoms with Crippen molar-refractivity contribution in [2.24, 2.45) is 0 Å². The number of nitrogens with zero attached hydrogens (tertiary/aromatic N) is 3. The summed E-state index contributed by atoms with van der Waals surface area (Å²) in [5, 5.41) is 10.8. The van der Waals surface area contributed by atoms with Crippen LogP contribution >= 0.6 is 0 Å². The second-order valence-corrected chi connectivity index (χ2v) is 10.8. The monoisotopic (exact) mass is 453 g/mol. The second-order valence-electron chi connectivity index (χ2n) is 10.8. The summed E-state index contributed by atoms with van der Waals surface area (Å²) in [7, 11) is 0. The van der Waals surface area contributed by atoms with Gasteiger partial charge in [-0.2, -0.15) is 5.10 Å². The van der Waals surface area contributed by atoms with Gasteiger partial charge in [0.15, 0.2) is 0 Å². The summed E-state index contributed by atoms with van der Waals surface area (Å²) in [5.74, 6) is 0.870. The van der Waals surface area contributed by atoms with Crippen molar-refractivity contribution in [3.8, 4) is 0 Å². The minimum atomic E-state index is -0.504. The van der Waals surface area contributed by atoms with E-state index >= 15 is 0 Å². The summed E-state index contributed by atoms with van der Waals surface area (Å²) >= 11 is 0. The molecule has 2 fully saturated rings. The van der Waals surface area contributed by atoms with Crippen molar-refractivity contribution in [2.75, 3.05) is 11.9 Å². The molecule has 3 amide bonds. The third kappa shape index (κ3) is 5.31. The first-order chi connectivity index (χ1) is 15.5. The summed E-state index contributed by atoms with van der Waals surface area (Å²) in [6.45, 7) is 11.2. The molecule has 0 spiro atoms. The highest BCUT2D eigenvalue weighted by atomic mass is 16.5. The van der Waals surface area contributed by atoms with Gasteiger partial charge in [-0.1, -0.05) is 30.3 Å². The van der Waals surface area contributed by atoms with Gasteiger partial charge in [-0.3, -0.25) is 5.32 Å². The van der Waals surface area contributed by atoms with Gasteiger partial charge in [-0.15, -0.1) is 0 Å². The Bertz CT molecular complexity index is 1010.